The first-order chi connectivity index (χ1) is 10.2. The maximum atomic E-state index is 12.6. The normalized spacial score (nSPS) is 15.9. The monoisotopic (exact) mass is 288 g/mol. The molecule has 0 unspecified atom stereocenters. The summed E-state index contributed by atoms with van der Waals surface area (Å²) >= 11 is 0. The number of carbonyl (C=O) groups is 1. The van der Waals surface area contributed by atoms with E-state index in [-0.39, 0.29) is 0 Å². The lowest BCUT2D eigenvalue weighted by molar-refractivity contribution is -0.134. The van der Waals surface area contributed by atoms with Crippen molar-refractivity contribution in [1.82, 2.24) is 10.2 Å². The van der Waals surface area contributed by atoms with E-state index in [2.05, 4.69) is 48.3 Å². The number of piperidine rings is 1. The van der Waals surface area contributed by atoms with E-state index >= 15 is 0 Å². The standard InChI is InChI=1S/C18H28N2O/c1-3-13-20(17-9-11-19-12-10-17)18(21)8-7-16-6-4-5-15(2)14-16/h4-6,14,17,19H,3,7-13H2,1-2H3. The third-order valence-corrected chi connectivity index (χ3v) is 4.24. The molecule has 0 aliphatic carbocycles. The van der Waals surface area contributed by atoms with Gasteiger partial charge in [0.2, 0.25) is 5.91 Å². The number of hydrogen-bond donors (Lipinski definition) is 1. The molecular formula is C18H28N2O. The van der Waals surface area contributed by atoms with Crippen LogP contribution in [-0.2, 0) is 11.2 Å². The highest BCUT2D eigenvalue weighted by Gasteiger charge is 2.24. The van der Waals surface area contributed by atoms with E-state index in [1.165, 1.54) is 11.1 Å². The molecule has 1 amide bonds. The zero-order valence-electron chi connectivity index (χ0n) is 13.4. The van der Waals surface area contributed by atoms with Crippen molar-refractivity contribution in [2.45, 2.75) is 52.0 Å². The molecule has 0 aromatic heterocycles. The minimum Gasteiger partial charge on any atom is -0.340 e. The van der Waals surface area contributed by atoms with Crippen LogP contribution in [0.15, 0.2) is 24.3 Å². The van der Waals surface area contributed by atoms with Crippen LogP contribution in [0.2, 0.25) is 0 Å². The van der Waals surface area contributed by atoms with Gasteiger partial charge in [0.1, 0.15) is 0 Å². The van der Waals surface area contributed by atoms with E-state index in [9.17, 15) is 4.79 Å². The summed E-state index contributed by atoms with van der Waals surface area (Å²) in [6.45, 7) is 7.23. The van der Waals surface area contributed by atoms with Crippen LogP contribution in [-0.4, -0.2) is 36.5 Å². The van der Waals surface area contributed by atoms with Gasteiger partial charge < -0.3 is 10.2 Å². The summed E-state index contributed by atoms with van der Waals surface area (Å²) in [6.07, 6.45) is 4.71. The van der Waals surface area contributed by atoms with E-state index in [0.717, 1.165) is 45.3 Å². The van der Waals surface area contributed by atoms with Crippen molar-refractivity contribution in [2.75, 3.05) is 19.6 Å². The first-order valence-electron chi connectivity index (χ1n) is 8.26. The second-order valence-electron chi connectivity index (χ2n) is 6.06. The van der Waals surface area contributed by atoms with Gasteiger partial charge in [-0.1, -0.05) is 36.8 Å². The Morgan fingerprint density at radius 3 is 2.76 bits per heavy atom. The molecule has 1 saturated heterocycles. The van der Waals surface area contributed by atoms with Crippen molar-refractivity contribution in [3.63, 3.8) is 0 Å². The third-order valence-electron chi connectivity index (χ3n) is 4.24. The van der Waals surface area contributed by atoms with Gasteiger partial charge in [0.15, 0.2) is 0 Å². The second kappa shape index (κ2) is 8.18. The maximum absolute atomic E-state index is 12.6. The van der Waals surface area contributed by atoms with Gasteiger partial charge in [0, 0.05) is 19.0 Å². The SMILES string of the molecule is CCCN(C(=O)CCc1cccc(C)c1)C1CCNCC1. The Balaban J connectivity index is 1.91. The van der Waals surface area contributed by atoms with Crippen molar-refractivity contribution in [2.24, 2.45) is 0 Å². The quantitative estimate of drug-likeness (QED) is 0.873. The average Bonchev–Trinajstić information content (AvgIpc) is 2.51. The minimum atomic E-state index is 0.324. The molecule has 3 heteroatoms. The first kappa shape index (κ1) is 16.0. The van der Waals surface area contributed by atoms with E-state index in [0.29, 0.717) is 18.4 Å². The predicted molar refractivity (Wildman–Crippen MR) is 87.4 cm³/mol. The first-order valence-corrected chi connectivity index (χ1v) is 8.26. The Labute approximate surface area is 128 Å². The lowest BCUT2D eigenvalue weighted by atomic mass is 10.0. The van der Waals surface area contributed by atoms with Crippen molar-refractivity contribution < 1.29 is 4.79 Å². The van der Waals surface area contributed by atoms with E-state index in [1.807, 2.05) is 0 Å². The Bertz CT molecular complexity index is 452. The number of hydrogen-bond acceptors (Lipinski definition) is 2. The van der Waals surface area contributed by atoms with Gasteiger partial charge >= 0.3 is 0 Å². The molecule has 1 aliphatic rings. The molecule has 1 aromatic rings. The largest absolute Gasteiger partial charge is 0.340 e. The number of nitrogens with zero attached hydrogens (tertiary/aromatic N) is 1. The molecule has 1 fully saturated rings. The number of benzene rings is 1. The van der Waals surface area contributed by atoms with Gasteiger partial charge in [-0.15, -0.1) is 0 Å². The molecule has 0 saturated carbocycles. The third kappa shape index (κ3) is 4.85. The van der Waals surface area contributed by atoms with Gasteiger partial charge in [-0.2, -0.15) is 0 Å². The highest BCUT2D eigenvalue weighted by atomic mass is 16.2. The molecule has 21 heavy (non-hydrogen) atoms. The molecule has 0 bridgehead atoms. The highest BCUT2D eigenvalue weighted by Crippen LogP contribution is 2.15. The highest BCUT2D eigenvalue weighted by molar-refractivity contribution is 5.76. The fourth-order valence-corrected chi connectivity index (χ4v) is 3.13. The molecule has 0 radical (unpaired) electrons. The zero-order chi connectivity index (χ0) is 15.1. The van der Waals surface area contributed by atoms with Crippen LogP contribution in [0.25, 0.3) is 0 Å². The lowest BCUT2D eigenvalue weighted by Gasteiger charge is -2.34. The van der Waals surface area contributed by atoms with Crippen LogP contribution in [0.1, 0.15) is 43.7 Å². The Morgan fingerprint density at radius 2 is 2.10 bits per heavy atom. The van der Waals surface area contributed by atoms with E-state index in [4.69, 9.17) is 0 Å². The van der Waals surface area contributed by atoms with Crippen LogP contribution < -0.4 is 5.32 Å². The minimum absolute atomic E-state index is 0.324. The van der Waals surface area contributed by atoms with Crippen molar-refractivity contribution >= 4 is 5.91 Å². The summed E-state index contributed by atoms with van der Waals surface area (Å²) in [6, 6.07) is 8.92. The number of aryl methyl sites for hydroxylation is 2. The van der Waals surface area contributed by atoms with Crippen molar-refractivity contribution in [1.29, 1.82) is 0 Å². The van der Waals surface area contributed by atoms with Crippen molar-refractivity contribution in [3.8, 4) is 0 Å². The molecule has 1 heterocycles. The van der Waals surface area contributed by atoms with Crippen LogP contribution in [0.3, 0.4) is 0 Å². The molecule has 1 aliphatic heterocycles. The predicted octanol–water partition coefficient (Wildman–Crippen LogP) is 2.92. The number of amides is 1. The average molecular weight is 288 g/mol. The van der Waals surface area contributed by atoms with Gasteiger partial charge in [-0.25, -0.2) is 0 Å². The molecule has 1 aromatic carbocycles. The molecule has 3 nitrogen and oxygen atoms in total. The lowest BCUT2D eigenvalue weighted by Crippen LogP contribution is -2.46. The molecule has 2 rings (SSSR count). The number of nitrogens with one attached hydrogen (secondary N) is 1. The molecule has 116 valence electrons. The Hall–Kier alpha value is -1.35. The number of rotatable bonds is 6. The fourth-order valence-electron chi connectivity index (χ4n) is 3.13. The summed E-state index contributed by atoms with van der Waals surface area (Å²) in [4.78, 5) is 14.7. The summed E-state index contributed by atoms with van der Waals surface area (Å²) < 4.78 is 0. The zero-order valence-corrected chi connectivity index (χ0v) is 13.4. The van der Waals surface area contributed by atoms with Crippen molar-refractivity contribution in [3.05, 3.63) is 35.4 Å². The second-order valence-corrected chi connectivity index (χ2v) is 6.06. The Morgan fingerprint density at radius 1 is 1.33 bits per heavy atom. The van der Waals surface area contributed by atoms with Crippen LogP contribution >= 0.6 is 0 Å². The summed E-state index contributed by atoms with van der Waals surface area (Å²) in [5, 5.41) is 3.38. The number of carbonyl (C=O) groups excluding carboxylic acids is 1. The van der Waals surface area contributed by atoms with Crippen LogP contribution in [0, 0.1) is 6.92 Å². The van der Waals surface area contributed by atoms with Gasteiger partial charge in [0.05, 0.1) is 0 Å². The van der Waals surface area contributed by atoms with Gasteiger partial charge in [0.25, 0.3) is 0 Å². The fraction of sp³-hybridized carbons (Fsp3) is 0.611. The summed E-state index contributed by atoms with van der Waals surface area (Å²) in [5.41, 5.74) is 2.54. The van der Waals surface area contributed by atoms with Crippen LogP contribution in [0.5, 0.6) is 0 Å². The van der Waals surface area contributed by atoms with Gasteiger partial charge in [-0.05, 0) is 51.3 Å². The molecule has 0 atom stereocenters. The smallest absolute Gasteiger partial charge is 0.223 e. The maximum Gasteiger partial charge on any atom is 0.223 e. The summed E-state index contributed by atoms with van der Waals surface area (Å²) in [5.74, 6) is 0.324. The molecular weight excluding hydrogens is 260 g/mol. The van der Waals surface area contributed by atoms with Crippen LogP contribution in [0.4, 0.5) is 0 Å². The molecule has 1 N–H and O–H groups in total. The Kier molecular flexibility index (Phi) is 6.24. The van der Waals surface area contributed by atoms with E-state index in [1.54, 1.807) is 0 Å². The van der Waals surface area contributed by atoms with E-state index < -0.39 is 0 Å². The summed E-state index contributed by atoms with van der Waals surface area (Å²) in [7, 11) is 0. The topological polar surface area (TPSA) is 32.3 Å². The van der Waals surface area contributed by atoms with Gasteiger partial charge in [-0.3, -0.25) is 4.79 Å². The molecule has 0 spiro atoms.